The number of fused-ring (bicyclic) bond motifs is 2. The predicted octanol–water partition coefficient (Wildman–Crippen LogP) is 10.6. The molecule has 4 nitrogen and oxygen atoms in total. The van der Waals surface area contributed by atoms with Gasteiger partial charge in [0.15, 0.2) is 23.0 Å². The molecule has 7 heteroatoms. The molecule has 232 valence electrons. The van der Waals surface area contributed by atoms with Crippen LogP contribution >= 0.6 is 34.0 Å². The van der Waals surface area contributed by atoms with Gasteiger partial charge < -0.3 is 18.9 Å². The Bertz CT molecular complexity index is 1430. The lowest BCUT2D eigenvalue weighted by Crippen LogP contribution is -2.40. The quantitative estimate of drug-likeness (QED) is 0.236. The summed E-state index contributed by atoms with van der Waals surface area (Å²) in [5.41, 5.74) is -0.598. The molecule has 2 aliphatic heterocycles. The van der Waals surface area contributed by atoms with Gasteiger partial charge in [-0.3, -0.25) is 0 Å². The second kappa shape index (κ2) is 11.0. The van der Waals surface area contributed by atoms with Crippen LogP contribution in [0.3, 0.4) is 0 Å². The van der Waals surface area contributed by atoms with Crippen molar-refractivity contribution < 1.29 is 18.9 Å². The van der Waals surface area contributed by atoms with Gasteiger partial charge in [-0.25, -0.2) is 0 Å². The van der Waals surface area contributed by atoms with Crippen LogP contribution in [0.1, 0.15) is 131 Å². The lowest BCUT2D eigenvalue weighted by atomic mass is 9.65. The van der Waals surface area contributed by atoms with Crippen LogP contribution in [0.5, 0.6) is 23.0 Å². The van der Waals surface area contributed by atoms with Crippen molar-refractivity contribution in [2.45, 2.75) is 123 Å². The van der Waals surface area contributed by atoms with Crippen molar-refractivity contribution in [3.05, 3.63) is 41.4 Å². The van der Waals surface area contributed by atoms with Gasteiger partial charge in [-0.2, -0.15) is 0 Å². The van der Waals surface area contributed by atoms with Crippen molar-refractivity contribution in [1.29, 1.82) is 0 Å². The summed E-state index contributed by atoms with van der Waals surface area (Å²) < 4.78 is 25.0. The molecule has 0 bridgehead atoms. The van der Waals surface area contributed by atoms with Gasteiger partial charge in [0.05, 0.1) is 19.5 Å². The van der Waals surface area contributed by atoms with E-state index >= 15 is 0 Å². The van der Waals surface area contributed by atoms with E-state index in [4.69, 9.17) is 18.9 Å². The molecule has 0 aliphatic carbocycles. The van der Waals surface area contributed by atoms with Gasteiger partial charge in [0.25, 0.3) is 0 Å². The molecular formula is C35H50O4S3. The van der Waals surface area contributed by atoms with Gasteiger partial charge in [-0.05, 0) is 30.4 Å². The third kappa shape index (κ3) is 4.81. The first-order chi connectivity index (χ1) is 19.6. The molecule has 0 amide bonds. The first-order valence-electron chi connectivity index (χ1n) is 15.5. The molecule has 42 heavy (non-hydrogen) atoms. The molecule has 0 radical (unpaired) electrons. The smallest absolute Gasteiger partial charge is 0.176 e. The summed E-state index contributed by atoms with van der Waals surface area (Å²) >= 11 is 5.73. The maximum atomic E-state index is 6.33. The lowest BCUT2D eigenvalue weighted by Gasteiger charge is -2.42. The summed E-state index contributed by atoms with van der Waals surface area (Å²) in [4.78, 5) is 8.00. The number of rotatable bonds is 9. The first-order valence-corrected chi connectivity index (χ1v) is 18.0. The maximum Gasteiger partial charge on any atom is 0.176 e. The maximum absolute atomic E-state index is 6.33. The molecule has 1 unspecified atom stereocenters. The normalized spacial score (nSPS) is 16.7. The summed E-state index contributed by atoms with van der Waals surface area (Å²) in [5, 5.41) is 0. The van der Waals surface area contributed by atoms with E-state index < -0.39 is 0 Å². The molecular weight excluding hydrogens is 581 g/mol. The summed E-state index contributed by atoms with van der Waals surface area (Å²) in [5.74, 6) is 4.74. The molecule has 3 aromatic heterocycles. The largest absolute Gasteiger partial charge is 0.485 e. The van der Waals surface area contributed by atoms with E-state index in [0.717, 1.165) is 29.4 Å². The molecule has 0 fully saturated rings. The summed E-state index contributed by atoms with van der Waals surface area (Å²) in [6, 6.07) is 4.74. The fourth-order valence-electron chi connectivity index (χ4n) is 5.85. The highest BCUT2D eigenvalue weighted by Gasteiger charge is 2.49. The van der Waals surface area contributed by atoms with Crippen LogP contribution in [0.25, 0.3) is 0 Å². The van der Waals surface area contributed by atoms with E-state index in [1.165, 1.54) is 29.3 Å². The van der Waals surface area contributed by atoms with Crippen LogP contribution in [0.2, 0.25) is 0 Å². The van der Waals surface area contributed by atoms with E-state index in [-0.39, 0.29) is 21.7 Å². The topological polar surface area (TPSA) is 36.9 Å². The van der Waals surface area contributed by atoms with Crippen LogP contribution < -0.4 is 18.9 Å². The Hall–Kier alpha value is -1.70. The van der Waals surface area contributed by atoms with E-state index in [0.29, 0.717) is 38.3 Å². The van der Waals surface area contributed by atoms with Gasteiger partial charge in [-0.1, -0.05) is 83.1 Å². The van der Waals surface area contributed by atoms with E-state index in [2.05, 4.69) is 95.2 Å². The van der Waals surface area contributed by atoms with E-state index in [1.807, 2.05) is 34.0 Å². The summed E-state index contributed by atoms with van der Waals surface area (Å²) in [7, 11) is 0. The molecule has 3 aromatic rings. The number of ether oxygens (including phenoxy) is 4. The van der Waals surface area contributed by atoms with Crippen molar-refractivity contribution >= 4 is 34.0 Å². The molecule has 5 rings (SSSR count). The monoisotopic (exact) mass is 630 g/mol. The van der Waals surface area contributed by atoms with Crippen molar-refractivity contribution in [3.63, 3.8) is 0 Å². The summed E-state index contributed by atoms with van der Waals surface area (Å²) in [6.07, 6.45) is 1.09. The lowest BCUT2D eigenvalue weighted by molar-refractivity contribution is 0.165. The van der Waals surface area contributed by atoms with Crippen LogP contribution in [0, 0.1) is 0 Å². The third-order valence-corrected chi connectivity index (χ3v) is 15.7. The van der Waals surface area contributed by atoms with Gasteiger partial charge in [0.2, 0.25) is 0 Å². The van der Waals surface area contributed by atoms with Crippen molar-refractivity contribution in [2.75, 3.05) is 26.4 Å². The molecule has 0 saturated heterocycles. The van der Waals surface area contributed by atoms with E-state index in [9.17, 15) is 0 Å². The van der Waals surface area contributed by atoms with Crippen LogP contribution in [0.15, 0.2) is 12.1 Å². The highest BCUT2D eigenvalue weighted by atomic mass is 32.1. The van der Waals surface area contributed by atoms with Crippen molar-refractivity contribution in [3.8, 4) is 23.0 Å². The molecule has 1 atom stereocenters. The minimum atomic E-state index is -0.167. The minimum absolute atomic E-state index is 0.132. The fraction of sp³-hybridized carbons (Fsp3) is 0.657. The number of hydrogen-bond acceptors (Lipinski definition) is 7. The molecule has 0 spiro atoms. The highest BCUT2D eigenvalue weighted by molar-refractivity contribution is 7.14. The average Bonchev–Trinajstić information content (AvgIpc) is 3.69. The predicted molar refractivity (Wildman–Crippen MR) is 180 cm³/mol. The third-order valence-electron chi connectivity index (χ3n) is 10.5. The number of thiophene rings is 3. The SMILES string of the molecule is CCC(C)c1sc(C(C)(C)C(C)(C)c2ccc(C(C)(C)C(C)(C)c3sc(C(C)C)c4c3OCCO4)s2)c2c1OCCO2. The Kier molecular flexibility index (Phi) is 8.33. The van der Waals surface area contributed by atoms with Crippen LogP contribution in [0.4, 0.5) is 0 Å². The number of hydrogen-bond donors (Lipinski definition) is 0. The summed E-state index contributed by atoms with van der Waals surface area (Å²) in [6.45, 7) is 30.6. The van der Waals surface area contributed by atoms with Gasteiger partial charge in [0, 0.05) is 31.4 Å². The van der Waals surface area contributed by atoms with Crippen LogP contribution in [-0.2, 0) is 21.7 Å². The Morgan fingerprint density at radius 2 is 0.952 bits per heavy atom. The van der Waals surface area contributed by atoms with Gasteiger partial charge in [0.1, 0.15) is 26.4 Å². The van der Waals surface area contributed by atoms with Crippen LogP contribution in [-0.4, -0.2) is 26.4 Å². The molecule has 0 N–H and O–H groups in total. The van der Waals surface area contributed by atoms with Crippen molar-refractivity contribution in [2.24, 2.45) is 0 Å². The van der Waals surface area contributed by atoms with Gasteiger partial charge >= 0.3 is 0 Å². The fourth-order valence-corrected chi connectivity index (χ4v) is 10.4. The average molecular weight is 631 g/mol. The molecule has 5 heterocycles. The molecule has 2 aliphatic rings. The Morgan fingerprint density at radius 3 is 1.36 bits per heavy atom. The Balaban J connectivity index is 1.53. The molecule has 0 aromatic carbocycles. The highest BCUT2D eigenvalue weighted by Crippen LogP contribution is 2.60. The zero-order valence-corrected chi connectivity index (χ0v) is 30.2. The second-order valence-corrected chi connectivity index (χ2v) is 17.6. The second-order valence-electron chi connectivity index (χ2n) is 14.4. The zero-order chi connectivity index (χ0) is 30.8. The zero-order valence-electron chi connectivity index (χ0n) is 27.7. The van der Waals surface area contributed by atoms with Crippen molar-refractivity contribution in [1.82, 2.24) is 0 Å². The Labute approximate surface area is 265 Å². The Morgan fingerprint density at radius 1 is 0.571 bits per heavy atom. The molecule has 0 saturated carbocycles. The minimum Gasteiger partial charge on any atom is -0.485 e. The van der Waals surface area contributed by atoms with Gasteiger partial charge in [-0.15, -0.1) is 34.0 Å². The van der Waals surface area contributed by atoms with E-state index in [1.54, 1.807) is 0 Å². The standard InChI is InChI=1S/C35H50O4S3/c1-13-21(4)29-25-27(39-19-17-37-25)31(42-29)35(11,12)33(7,8)23-15-14-22(40-23)32(5,6)34(9,10)30-26-24(36-16-18-38-26)28(41-30)20(2)3/h14-15,20-21H,13,16-19H2,1-12H3. The first kappa shape index (κ1) is 31.7.